The first-order chi connectivity index (χ1) is 10.8. The first-order valence-electron chi connectivity index (χ1n) is 9.69. The van der Waals surface area contributed by atoms with Gasteiger partial charge < -0.3 is 0 Å². The molecule has 1 fully saturated rings. The van der Waals surface area contributed by atoms with Gasteiger partial charge in [-0.1, -0.05) is 69.2 Å². The van der Waals surface area contributed by atoms with Crippen LogP contribution in [0.2, 0.25) is 0 Å². The normalized spacial score (nSPS) is 20.3. The van der Waals surface area contributed by atoms with E-state index in [-0.39, 0.29) is 7.43 Å². The summed E-state index contributed by atoms with van der Waals surface area (Å²) >= 11 is 0. The van der Waals surface area contributed by atoms with Crippen LogP contribution >= 0.6 is 0 Å². The Morgan fingerprint density at radius 1 is 0.792 bits per heavy atom. The van der Waals surface area contributed by atoms with Crippen LogP contribution in [0, 0.1) is 23.7 Å². The van der Waals surface area contributed by atoms with Crippen LogP contribution in [0.15, 0.2) is 18.5 Å². The maximum absolute atomic E-state index is 4.15. The second kappa shape index (κ2) is 10.9. The lowest BCUT2D eigenvalue weighted by Crippen LogP contribution is -2.18. The maximum atomic E-state index is 4.15. The van der Waals surface area contributed by atoms with Crippen LogP contribution < -0.4 is 0 Å². The van der Waals surface area contributed by atoms with Crippen molar-refractivity contribution < 1.29 is 0 Å². The van der Waals surface area contributed by atoms with Gasteiger partial charge in [-0.2, -0.15) is 0 Å². The molecule has 0 radical (unpaired) electrons. The molecule has 0 N–H and O–H groups in total. The molecule has 1 nitrogen and oxygen atoms in total. The molecule has 2 rings (SSSR count). The lowest BCUT2D eigenvalue weighted by atomic mass is 9.80. The molecule has 0 aromatic carbocycles. The Labute approximate surface area is 152 Å². The van der Waals surface area contributed by atoms with E-state index in [1.807, 2.05) is 12.4 Å². The van der Waals surface area contributed by atoms with Gasteiger partial charge in [-0.25, -0.2) is 0 Å². The zero-order valence-electron chi connectivity index (χ0n) is 16.8. The van der Waals surface area contributed by atoms with Crippen LogP contribution in [0.25, 0.3) is 0 Å². The van der Waals surface area contributed by atoms with Crippen molar-refractivity contribution in [3.8, 4) is 0 Å². The van der Waals surface area contributed by atoms with E-state index in [1.165, 1.54) is 30.4 Å². The molecular weight excluding hydrogens is 290 g/mol. The second-order valence-electron chi connectivity index (χ2n) is 8.56. The van der Waals surface area contributed by atoms with Gasteiger partial charge in [0, 0.05) is 12.4 Å². The molecule has 24 heavy (non-hydrogen) atoms. The van der Waals surface area contributed by atoms with Gasteiger partial charge in [0.05, 0.1) is 0 Å². The van der Waals surface area contributed by atoms with Gasteiger partial charge in [-0.3, -0.25) is 4.98 Å². The highest BCUT2D eigenvalue weighted by Gasteiger charge is 2.31. The highest BCUT2D eigenvalue weighted by Crippen LogP contribution is 2.40. The second-order valence-corrected chi connectivity index (χ2v) is 8.56. The summed E-state index contributed by atoms with van der Waals surface area (Å²) in [6.07, 6.45) is 8.31. The Morgan fingerprint density at radius 2 is 1.25 bits per heavy atom. The van der Waals surface area contributed by atoms with Crippen LogP contribution in [0.4, 0.5) is 0 Å². The molecule has 1 aromatic heterocycles. The first-order valence-corrected chi connectivity index (χ1v) is 9.69. The maximum Gasteiger partial charge on any atom is 0.0305 e. The molecule has 2 unspecified atom stereocenters. The van der Waals surface area contributed by atoms with Gasteiger partial charge in [0.15, 0.2) is 0 Å². The fraction of sp³-hybridized carbons (Fsp3) is 0.783. The Hall–Kier alpha value is -0.850. The number of pyridine rings is 1. The Morgan fingerprint density at radius 3 is 1.58 bits per heavy atom. The molecule has 1 aliphatic carbocycles. The summed E-state index contributed by atoms with van der Waals surface area (Å²) in [6.45, 7) is 18.4. The van der Waals surface area contributed by atoms with E-state index in [0.29, 0.717) is 11.8 Å². The van der Waals surface area contributed by atoms with Crippen LogP contribution in [0.1, 0.15) is 105 Å². The molecular formula is C23H43N. The number of rotatable bonds is 4. The molecule has 140 valence electrons. The van der Waals surface area contributed by atoms with E-state index in [9.17, 15) is 0 Å². The van der Waals surface area contributed by atoms with Gasteiger partial charge in [-0.05, 0) is 65.5 Å². The minimum Gasteiger partial charge on any atom is -0.264 e. The molecule has 1 heteroatoms. The van der Waals surface area contributed by atoms with Crippen molar-refractivity contribution in [3.63, 3.8) is 0 Å². The van der Waals surface area contributed by atoms with Crippen LogP contribution in [-0.4, -0.2) is 4.98 Å². The zero-order valence-corrected chi connectivity index (χ0v) is 16.8. The van der Waals surface area contributed by atoms with E-state index in [0.717, 1.165) is 23.7 Å². The average Bonchev–Trinajstić information content (AvgIpc) is 2.97. The third-order valence-electron chi connectivity index (χ3n) is 5.47. The quantitative estimate of drug-likeness (QED) is 0.550. The molecule has 1 heterocycles. The van der Waals surface area contributed by atoms with Crippen molar-refractivity contribution in [3.05, 3.63) is 29.6 Å². The zero-order chi connectivity index (χ0) is 17.6. The molecule has 0 amide bonds. The monoisotopic (exact) mass is 333 g/mol. The van der Waals surface area contributed by atoms with E-state index in [2.05, 4.69) is 66.4 Å². The Kier molecular flexibility index (Phi) is 10.5. The predicted molar refractivity (Wildman–Crippen MR) is 110 cm³/mol. The summed E-state index contributed by atoms with van der Waals surface area (Å²) in [6, 6.07) is 2.12. The topological polar surface area (TPSA) is 12.9 Å². The molecule has 1 saturated carbocycles. The third kappa shape index (κ3) is 6.57. The van der Waals surface area contributed by atoms with Gasteiger partial charge >= 0.3 is 0 Å². The lowest BCUT2D eigenvalue weighted by molar-refractivity contribution is 0.235. The standard InChI is InChI=1S/C11H17N.C11H22.CH4/c1-8(2)10-5-6-12-7-11(10)9(3)4;1-8(2)10-6-5-7-11(10)9(3)4;/h5-9H,1-4H3;8-11H,5-7H2,1-4H3;1H4. The van der Waals surface area contributed by atoms with Crippen LogP contribution in [0.3, 0.4) is 0 Å². The van der Waals surface area contributed by atoms with Crippen molar-refractivity contribution in [1.82, 2.24) is 4.98 Å². The van der Waals surface area contributed by atoms with Crippen molar-refractivity contribution in [2.75, 3.05) is 0 Å². The van der Waals surface area contributed by atoms with Crippen LogP contribution in [-0.2, 0) is 0 Å². The fourth-order valence-electron chi connectivity index (χ4n) is 4.10. The van der Waals surface area contributed by atoms with Crippen molar-refractivity contribution in [2.24, 2.45) is 23.7 Å². The van der Waals surface area contributed by atoms with Gasteiger partial charge in [0.2, 0.25) is 0 Å². The fourth-order valence-corrected chi connectivity index (χ4v) is 4.10. The summed E-state index contributed by atoms with van der Waals surface area (Å²) in [4.78, 5) is 4.15. The average molecular weight is 334 g/mol. The number of aromatic nitrogens is 1. The van der Waals surface area contributed by atoms with Crippen LogP contribution in [0.5, 0.6) is 0 Å². The summed E-state index contributed by atoms with van der Waals surface area (Å²) in [5.41, 5.74) is 2.81. The van der Waals surface area contributed by atoms with Crippen molar-refractivity contribution in [1.29, 1.82) is 0 Å². The first kappa shape index (κ1) is 23.1. The van der Waals surface area contributed by atoms with Gasteiger partial charge in [0.25, 0.3) is 0 Å². The smallest absolute Gasteiger partial charge is 0.0305 e. The van der Waals surface area contributed by atoms with E-state index in [1.54, 1.807) is 0 Å². The molecule has 1 aromatic rings. The lowest BCUT2D eigenvalue weighted by Gasteiger charge is -2.26. The van der Waals surface area contributed by atoms with E-state index in [4.69, 9.17) is 0 Å². The summed E-state index contributed by atoms with van der Waals surface area (Å²) in [5, 5.41) is 0. The molecule has 0 bridgehead atoms. The Bertz CT molecular complexity index is 404. The van der Waals surface area contributed by atoms with Gasteiger partial charge in [0.1, 0.15) is 0 Å². The highest BCUT2D eigenvalue weighted by atomic mass is 14.6. The van der Waals surface area contributed by atoms with E-state index >= 15 is 0 Å². The SMILES string of the molecule is C.CC(C)C1CCCC1C(C)C.CC(C)c1ccncc1C(C)C. The summed E-state index contributed by atoms with van der Waals surface area (Å²) in [5.74, 6) is 5.04. The van der Waals surface area contributed by atoms with Crippen molar-refractivity contribution >= 4 is 0 Å². The third-order valence-corrected chi connectivity index (χ3v) is 5.47. The minimum atomic E-state index is 0. The minimum absolute atomic E-state index is 0. The number of hydrogen-bond acceptors (Lipinski definition) is 1. The molecule has 0 spiro atoms. The summed E-state index contributed by atoms with van der Waals surface area (Å²) in [7, 11) is 0. The summed E-state index contributed by atoms with van der Waals surface area (Å²) < 4.78 is 0. The van der Waals surface area contributed by atoms with Gasteiger partial charge in [-0.15, -0.1) is 0 Å². The molecule has 2 atom stereocenters. The molecule has 0 saturated heterocycles. The Balaban J connectivity index is 0.000000425. The largest absolute Gasteiger partial charge is 0.264 e. The van der Waals surface area contributed by atoms with E-state index < -0.39 is 0 Å². The molecule has 0 aliphatic heterocycles. The number of nitrogens with zero attached hydrogens (tertiary/aromatic N) is 1. The predicted octanol–water partition coefficient (Wildman–Crippen LogP) is 7.68. The highest BCUT2D eigenvalue weighted by molar-refractivity contribution is 5.28. The number of hydrogen-bond donors (Lipinski definition) is 0. The van der Waals surface area contributed by atoms with Crippen molar-refractivity contribution in [2.45, 2.75) is 93.9 Å². The molecule has 1 aliphatic rings.